The minimum atomic E-state index is -0.163. The molecule has 6 heteroatoms. The lowest BCUT2D eigenvalue weighted by atomic mass is 10.1. The molecule has 5 nitrogen and oxygen atoms in total. The molecule has 1 aliphatic rings. The second-order valence-electron chi connectivity index (χ2n) is 6.93. The van der Waals surface area contributed by atoms with E-state index in [1.807, 2.05) is 61.4 Å². The second-order valence-corrected chi connectivity index (χ2v) is 7.32. The van der Waals surface area contributed by atoms with Crippen molar-refractivity contribution in [2.75, 3.05) is 17.4 Å². The highest BCUT2D eigenvalue weighted by Gasteiger charge is 2.40. The Kier molecular flexibility index (Phi) is 6.54. The number of hydrogen-bond donors (Lipinski definition) is 1. The summed E-state index contributed by atoms with van der Waals surface area (Å²) in [5.74, 6) is -0.153. The van der Waals surface area contributed by atoms with Gasteiger partial charge in [0.15, 0.2) is 5.11 Å². The Morgan fingerprint density at radius 3 is 2.46 bits per heavy atom. The zero-order valence-electron chi connectivity index (χ0n) is 16.6. The summed E-state index contributed by atoms with van der Waals surface area (Å²) >= 11 is 5.39. The van der Waals surface area contributed by atoms with Gasteiger partial charge in [0.25, 0.3) is 5.91 Å². The summed E-state index contributed by atoms with van der Waals surface area (Å²) in [6.07, 6.45) is 3.45. The molecule has 1 aliphatic heterocycles. The van der Waals surface area contributed by atoms with E-state index in [0.717, 1.165) is 17.8 Å². The van der Waals surface area contributed by atoms with E-state index in [4.69, 9.17) is 12.2 Å². The van der Waals surface area contributed by atoms with E-state index in [0.29, 0.717) is 10.8 Å². The first kappa shape index (κ1) is 20.2. The Hall–Kier alpha value is -2.57. The predicted octanol–water partition coefficient (Wildman–Crippen LogP) is 4.45. The molecule has 1 atom stereocenters. The Morgan fingerprint density at radius 1 is 1.14 bits per heavy atom. The average Bonchev–Trinajstić information content (AvgIpc) is 2.91. The topological polar surface area (TPSA) is 47.9 Å². The van der Waals surface area contributed by atoms with Crippen LogP contribution >= 0.6 is 12.2 Å². The molecule has 0 spiro atoms. The summed E-state index contributed by atoms with van der Waals surface area (Å²) in [7, 11) is 1.88. The molecule has 1 amide bonds. The number of anilines is 2. The molecule has 2 aromatic rings. The van der Waals surface area contributed by atoms with Crippen molar-refractivity contribution in [3.8, 4) is 0 Å². The van der Waals surface area contributed by atoms with Crippen LogP contribution in [0.1, 0.15) is 32.3 Å². The van der Waals surface area contributed by atoms with Gasteiger partial charge in [0.1, 0.15) is 5.71 Å². The van der Waals surface area contributed by atoms with Crippen LogP contribution in [0.25, 0.3) is 0 Å². The largest absolute Gasteiger partial charge is 0.331 e. The van der Waals surface area contributed by atoms with Gasteiger partial charge in [-0.05, 0) is 61.8 Å². The SMILES string of the molecule is CCCCc1ccc(NC(=S)N=C2C(=O)N(c3ccccc3)N(C)C2C)cc1. The van der Waals surface area contributed by atoms with E-state index >= 15 is 0 Å². The maximum absolute atomic E-state index is 12.9. The van der Waals surface area contributed by atoms with Gasteiger partial charge in [-0.15, -0.1) is 0 Å². The number of thiocarbonyl (C=S) groups is 1. The fourth-order valence-electron chi connectivity index (χ4n) is 3.19. The van der Waals surface area contributed by atoms with Gasteiger partial charge in [0.05, 0.1) is 11.7 Å². The number of aliphatic imine (C=N–C) groups is 1. The minimum absolute atomic E-state index is 0.153. The van der Waals surface area contributed by atoms with Gasteiger partial charge in [0, 0.05) is 12.7 Å². The fourth-order valence-corrected chi connectivity index (χ4v) is 3.40. The summed E-state index contributed by atoms with van der Waals surface area (Å²) in [5, 5.41) is 6.92. The van der Waals surface area contributed by atoms with Gasteiger partial charge in [-0.1, -0.05) is 43.7 Å². The number of carbonyl (C=O) groups is 1. The first-order chi connectivity index (χ1) is 13.5. The molecule has 1 unspecified atom stereocenters. The number of nitrogens with one attached hydrogen (secondary N) is 1. The third-order valence-electron chi connectivity index (χ3n) is 4.93. The lowest BCUT2D eigenvalue weighted by Crippen LogP contribution is -2.38. The molecule has 0 radical (unpaired) electrons. The van der Waals surface area contributed by atoms with E-state index < -0.39 is 0 Å². The number of hydrazine groups is 1. The first-order valence-electron chi connectivity index (χ1n) is 9.62. The number of amides is 1. The van der Waals surface area contributed by atoms with Crippen molar-refractivity contribution in [2.24, 2.45) is 4.99 Å². The van der Waals surface area contributed by atoms with Crippen LogP contribution in [0.15, 0.2) is 59.6 Å². The third-order valence-corrected chi connectivity index (χ3v) is 5.12. The van der Waals surface area contributed by atoms with Crippen LogP contribution in [0.2, 0.25) is 0 Å². The fraction of sp³-hybridized carbons (Fsp3) is 0.318. The lowest BCUT2D eigenvalue weighted by molar-refractivity contribution is -0.113. The Bertz CT molecular complexity index is 864. The van der Waals surface area contributed by atoms with E-state index in [1.165, 1.54) is 18.4 Å². The van der Waals surface area contributed by atoms with Crippen LogP contribution in [0.5, 0.6) is 0 Å². The number of rotatable bonds is 5. The zero-order valence-corrected chi connectivity index (χ0v) is 17.4. The summed E-state index contributed by atoms with van der Waals surface area (Å²) in [6.45, 7) is 4.14. The van der Waals surface area contributed by atoms with Gasteiger partial charge < -0.3 is 5.32 Å². The summed E-state index contributed by atoms with van der Waals surface area (Å²) in [4.78, 5) is 17.4. The minimum Gasteiger partial charge on any atom is -0.331 e. The van der Waals surface area contributed by atoms with Crippen LogP contribution in [0, 0.1) is 0 Å². The zero-order chi connectivity index (χ0) is 20.1. The van der Waals surface area contributed by atoms with Crippen LogP contribution in [-0.4, -0.2) is 34.8 Å². The molecule has 3 rings (SSSR count). The maximum atomic E-state index is 12.9. The number of para-hydroxylation sites is 1. The molecule has 28 heavy (non-hydrogen) atoms. The molecule has 0 aromatic heterocycles. The van der Waals surface area contributed by atoms with Crippen LogP contribution in [-0.2, 0) is 11.2 Å². The van der Waals surface area contributed by atoms with Gasteiger partial charge in [-0.25, -0.2) is 15.0 Å². The Balaban J connectivity index is 1.71. The van der Waals surface area contributed by atoms with Crippen molar-refractivity contribution in [3.63, 3.8) is 0 Å². The summed E-state index contributed by atoms with van der Waals surface area (Å²) < 4.78 is 0. The van der Waals surface area contributed by atoms with Gasteiger partial charge in [-0.3, -0.25) is 4.79 Å². The van der Waals surface area contributed by atoms with Gasteiger partial charge in [0.2, 0.25) is 0 Å². The molecule has 2 aromatic carbocycles. The van der Waals surface area contributed by atoms with E-state index in [9.17, 15) is 4.79 Å². The number of carbonyl (C=O) groups excluding carboxylic acids is 1. The highest BCUT2D eigenvalue weighted by molar-refractivity contribution is 7.80. The number of nitrogens with zero attached hydrogens (tertiary/aromatic N) is 3. The number of unbranched alkanes of at least 4 members (excludes halogenated alkanes) is 1. The Labute approximate surface area is 172 Å². The predicted molar refractivity (Wildman–Crippen MR) is 120 cm³/mol. The molecule has 1 heterocycles. The van der Waals surface area contributed by atoms with Crippen LogP contribution in [0.3, 0.4) is 0 Å². The number of aryl methyl sites for hydroxylation is 1. The quantitative estimate of drug-likeness (QED) is 0.761. The molecule has 0 bridgehead atoms. The maximum Gasteiger partial charge on any atom is 0.289 e. The second kappa shape index (κ2) is 9.08. The highest BCUT2D eigenvalue weighted by Crippen LogP contribution is 2.24. The van der Waals surface area contributed by atoms with E-state index in [1.54, 1.807) is 5.01 Å². The smallest absolute Gasteiger partial charge is 0.289 e. The van der Waals surface area contributed by atoms with Crippen molar-refractivity contribution in [2.45, 2.75) is 39.2 Å². The first-order valence-corrected chi connectivity index (χ1v) is 10.0. The molecule has 0 aliphatic carbocycles. The van der Waals surface area contributed by atoms with Crippen LogP contribution < -0.4 is 10.3 Å². The standard InChI is InChI=1S/C22H26N4OS/c1-4-5-9-17-12-14-18(15-13-17)23-22(28)24-20-16(2)25(3)26(21(20)27)19-10-7-6-8-11-19/h6-8,10-16H,4-5,9H2,1-3H3,(H,23,28). The van der Waals surface area contributed by atoms with E-state index in [2.05, 4.69) is 29.4 Å². The average molecular weight is 395 g/mol. The van der Waals surface area contributed by atoms with Crippen molar-refractivity contribution >= 4 is 40.3 Å². The van der Waals surface area contributed by atoms with E-state index in [-0.39, 0.29) is 11.9 Å². The monoisotopic (exact) mass is 394 g/mol. The summed E-state index contributed by atoms with van der Waals surface area (Å²) in [6, 6.07) is 17.6. The van der Waals surface area contributed by atoms with Crippen molar-refractivity contribution in [1.29, 1.82) is 0 Å². The third kappa shape index (κ3) is 4.46. The normalized spacial score (nSPS) is 18.7. The van der Waals surface area contributed by atoms with Crippen LogP contribution in [0.4, 0.5) is 11.4 Å². The molecule has 0 saturated carbocycles. The van der Waals surface area contributed by atoms with Gasteiger partial charge >= 0.3 is 0 Å². The lowest BCUT2D eigenvalue weighted by Gasteiger charge is -2.25. The van der Waals surface area contributed by atoms with Crippen molar-refractivity contribution in [1.82, 2.24) is 5.01 Å². The molecule has 1 fully saturated rings. The molecular weight excluding hydrogens is 368 g/mol. The van der Waals surface area contributed by atoms with Gasteiger partial charge in [-0.2, -0.15) is 0 Å². The van der Waals surface area contributed by atoms with Crippen molar-refractivity contribution < 1.29 is 4.79 Å². The molecule has 1 N–H and O–H groups in total. The highest BCUT2D eigenvalue weighted by atomic mass is 32.1. The number of hydrogen-bond acceptors (Lipinski definition) is 3. The molecule has 146 valence electrons. The number of benzene rings is 2. The van der Waals surface area contributed by atoms with Crippen molar-refractivity contribution in [3.05, 3.63) is 60.2 Å². The molecular formula is C22H26N4OS. The Morgan fingerprint density at radius 2 is 1.82 bits per heavy atom. The molecule has 1 saturated heterocycles. The summed E-state index contributed by atoms with van der Waals surface area (Å²) in [5.41, 5.74) is 3.43.